The van der Waals surface area contributed by atoms with Crippen molar-refractivity contribution in [2.45, 2.75) is 32.9 Å². The summed E-state index contributed by atoms with van der Waals surface area (Å²) < 4.78 is 8.86. The summed E-state index contributed by atoms with van der Waals surface area (Å²) in [4.78, 5) is 172. The molecule has 7 aromatic carbocycles. The molecule has 0 heterocycles. The molecule has 0 radical (unpaired) electrons. The Morgan fingerprint density at radius 3 is 0.952 bits per heavy atom. The van der Waals surface area contributed by atoms with E-state index in [4.69, 9.17) is 76.5 Å². The third-order valence-electron chi connectivity index (χ3n) is 13.8. The number of benzene rings is 7. The fourth-order valence-corrected chi connectivity index (χ4v) is 7.71. The number of ether oxygens (including phenoxy) is 2. The Morgan fingerprint density at radius 1 is 0.341 bits per heavy atom. The summed E-state index contributed by atoms with van der Waals surface area (Å²) in [5, 5.41) is 80.5. The maximum Gasteiger partial charge on any atom is 1.00 e. The van der Waals surface area contributed by atoms with Crippen molar-refractivity contribution >= 4 is 157 Å². The van der Waals surface area contributed by atoms with Gasteiger partial charge in [-0.15, -0.1) is 0 Å². The van der Waals surface area contributed by atoms with Gasteiger partial charge in [-0.1, -0.05) is 43.3 Å². The van der Waals surface area contributed by atoms with Crippen LogP contribution in [0.2, 0.25) is 0 Å². The maximum atomic E-state index is 11.4. The zero-order valence-electron chi connectivity index (χ0n) is 68.3. The molecule has 0 aliphatic rings. The minimum atomic E-state index is -1.56. The van der Waals surface area contributed by atoms with E-state index in [1.165, 1.54) is 26.4 Å². The number of nitrogens with two attached hydrogens (primary N) is 8. The molecule has 7 rings (SSSR count). The van der Waals surface area contributed by atoms with Crippen LogP contribution in [-0.2, 0) is 106 Å². The average Bonchev–Trinajstić information content (AvgIpc) is 0.932. The van der Waals surface area contributed by atoms with Gasteiger partial charge in [-0.25, -0.2) is 28.8 Å². The van der Waals surface area contributed by atoms with Gasteiger partial charge in [0.05, 0.1) is 32.3 Å². The molecule has 8 amide bonds. The quantitative estimate of drug-likeness (QED) is 0.00921. The molecule has 0 bridgehead atoms. The van der Waals surface area contributed by atoms with Crippen LogP contribution < -0.4 is 123 Å². The minimum Gasteiger partial charge on any atom is -0.545 e. The van der Waals surface area contributed by atoms with Crippen LogP contribution >= 0.6 is 0 Å². The van der Waals surface area contributed by atoms with Gasteiger partial charge in [0.25, 0.3) is 11.8 Å². The summed E-state index contributed by atoms with van der Waals surface area (Å²) in [6.45, 7) is 3.72. The second-order valence-electron chi connectivity index (χ2n) is 23.7. The van der Waals surface area contributed by atoms with E-state index in [0.717, 1.165) is 77.5 Å². The third-order valence-corrected chi connectivity index (χ3v) is 13.8. The number of anilines is 11. The van der Waals surface area contributed by atoms with Crippen molar-refractivity contribution in [3.63, 3.8) is 0 Å². The Balaban J connectivity index is 0. The SMILES string of the molecule is CCC(=O)/C=C/C(=O)Nc1ccc(N)cc1.CO/C(=C\C(=O)Nc1ccc(N)cc1)C(=O)O.COC(=O)/C=C/C(=O)Nc1ccc(N)cc1.NCCNC(=O)/C=C/C(=O)O.NCc1ccc(CNC(=O)/C=C/C(=O)O)cc1.Nc1ccc(CCNC(=O)/C=C/C(=O)O)cc1.Nc1ccc(NC(=O)/C=C(\O)C(=O)O)cc1.Nc1ccc(NC(=O)/C=C/C(=O)[O-])cc1.[Na+]. The number of carbonyl (C=O) groups excluding carboxylic acids is 11. The number of rotatable bonds is 31. The number of hydrogen-bond donors (Lipinski definition) is 22. The van der Waals surface area contributed by atoms with Gasteiger partial charge in [0, 0.05) is 162 Å². The summed E-state index contributed by atoms with van der Waals surface area (Å²) >= 11 is 0. The zero-order chi connectivity index (χ0) is 94.2. The van der Waals surface area contributed by atoms with Gasteiger partial charge in [0.1, 0.15) is 0 Å². The molecule has 0 aromatic heterocycles. The van der Waals surface area contributed by atoms with Gasteiger partial charge >= 0.3 is 65.4 Å². The second kappa shape index (κ2) is 65.4. The van der Waals surface area contributed by atoms with Crippen molar-refractivity contribution in [2.75, 3.05) is 94.8 Å². The fraction of sp³-hybridized carbons (Fsp3) is 0.119. The largest absolute Gasteiger partial charge is 1.00 e. The minimum absolute atomic E-state index is 0. The predicted molar refractivity (Wildman–Crippen MR) is 464 cm³/mol. The molecule has 0 aliphatic carbocycles. The number of hydrogen-bond acceptors (Lipinski definition) is 28. The van der Waals surface area contributed by atoms with Crippen molar-refractivity contribution in [1.29, 1.82) is 0 Å². The molecule has 0 saturated carbocycles. The van der Waals surface area contributed by atoms with E-state index < -0.39 is 94.7 Å². The average molecular weight is 1750 g/mol. The van der Waals surface area contributed by atoms with Crippen molar-refractivity contribution in [3.8, 4) is 0 Å². The van der Waals surface area contributed by atoms with E-state index in [9.17, 15) is 81.8 Å². The Morgan fingerprint density at radius 2 is 0.643 bits per heavy atom. The summed E-state index contributed by atoms with van der Waals surface area (Å²) in [7, 11) is 2.42. The molecule has 7 aromatic rings. The van der Waals surface area contributed by atoms with Gasteiger partial charge in [-0.3, -0.25) is 43.2 Å². The topological polar surface area (TPSA) is 740 Å². The van der Waals surface area contributed by atoms with Crippen molar-refractivity contribution in [2.24, 2.45) is 11.5 Å². The molecule has 0 unspecified atom stereocenters. The van der Waals surface area contributed by atoms with Gasteiger partial charge in [0.15, 0.2) is 5.78 Å². The van der Waals surface area contributed by atoms with Gasteiger partial charge < -0.3 is 138 Å². The molecule has 0 saturated heterocycles. The summed E-state index contributed by atoms with van der Waals surface area (Å²) in [5.74, 6) is -13.7. The Kier molecular flexibility index (Phi) is 57.9. The molecule has 126 heavy (non-hydrogen) atoms. The molecule has 42 heteroatoms. The molecular weight excluding hydrogens is 1660 g/mol. The number of ketones is 1. The molecule has 30 N–H and O–H groups in total. The van der Waals surface area contributed by atoms with E-state index in [1.54, 1.807) is 140 Å². The predicted octanol–water partition coefficient (Wildman–Crippen LogP) is 0.425. The number of amides is 8. The smallest absolute Gasteiger partial charge is 0.545 e. The van der Waals surface area contributed by atoms with Gasteiger partial charge in [-0.2, -0.15) is 0 Å². The normalized spacial score (nSPS) is 10.3. The van der Waals surface area contributed by atoms with Gasteiger partial charge in [-0.05, 0) is 169 Å². The van der Waals surface area contributed by atoms with Crippen LogP contribution in [0, 0.1) is 0 Å². The number of esters is 1. The van der Waals surface area contributed by atoms with Crippen LogP contribution in [0.3, 0.4) is 0 Å². The first-order valence-electron chi connectivity index (χ1n) is 35.9. The first-order valence-corrected chi connectivity index (χ1v) is 35.9. The Labute approximate surface area is 743 Å². The monoisotopic (exact) mass is 1750 g/mol. The summed E-state index contributed by atoms with van der Waals surface area (Å²) in [6, 6.07) is 47.5. The van der Waals surface area contributed by atoms with E-state index in [1.807, 2.05) is 36.4 Å². The number of allylic oxidation sites excluding steroid dienone is 1. The van der Waals surface area contributed by atoms with Crippen molar-refractivity contribution in [1.82, 2.24) is 16.0 Å². The number of nitrogen functional groups attached to an aromatic ring is 6. The Hall–Kier alpha value is -16.5. The number of aliphatic hydroxyl groups is 1. The van der Waals surface area contributed by atoms with E-state index >= 15 is 0 Å². The summed E-state index contributed by atoms with van der Waals surface area (Å²) in [6.07, 6.45) is 14.0. The molecule has 0 aliphatic heterocycles. The van der Waals surface area contributed by atoms with Crippen LogP contribution in [0.5, 0.6) is 0 Å². The van der Waals surface area contributed by atoms with Gasteiger partial charge in [0.2, 0.25) is 47.0 Å². The van der Waals surface area contributed by atoms with Crippen molar-refractivity contribution < 1.29 is 151 Å². The number of aliphatic hydroxyl groups excluding tert-OH is 1. The standard InChI is InChI=1S/2C12H14N2O3.C12H14N2O2.C11H12N2O4.C11H12N2O3.C10H10N2O4.C10H10N2O3.C6H10N2O3.Na/c13-7-9-1-3-10(4-2-9)8-14-11(15)5-6-12(16)17;13-10-3-1-9(2-4-10)7-8-14-11(15)5-6-12(16)17;1-2-11(15)7-8-12(16)14-10-5-3-9(13)4-6-10;1-17-9(11(15)16)6-10(14)13-8-4-2-7(12)3-5-8;1-16-11(15)7-6-10(14)13-9-4-2-8(12)3-5-9;11-6-1-3-7(4-2-6)12-9(14)5-8(13)10(15)16;11-7-1-3-8(4-2-7)12-9(13)5-6-10(14)15;7-3-4-8-5(9)1-2-6(10)11;/h2*1-6H,7-8,13H2,(H,14,15)(H,16,17);3-8H,2,13H2,1H3,(H,14,16);2-6H,12H2,1H3,(H,13,14)(H,15,16);2-7H,12H2,1H3,(H,13,14);1-5,13H,11H2,(H,12,14)(H,15,16);1-6H,11H2,(H,12,13)(H,14,15);1-2H,3-4,7H2,(H,8,9)(H,10,11);/q;;;;;;;;+1/p-1/b2*6-5+;8-7+;9-6-;7-6+;8-5-;6-5+;2-1+;. The molecule has 41 nitrogen and oxygen atoms in total. The number of carboxylic acid groups (broad SMARTS) is 6. The number of carboxylic acids is 6. The Bertz CT molecular complexity index is 4900. The number of carbonyl (C=O) groups is 16. The maximum absolute atomic E-state index is 11.4. The first kappa shape index (κ1) is 112. The van der Waals surface area contributed by atoms with E-state index in [-0.39, 0.29) is 41.2 Å². The van der Waals surface area contributed by atoms with E-state index in [2.05, 4.69) is 52.0 Å². The second-order valence-corrected chi connectivity index (χ2v) is 23.7. The molecular formula is C84H95N16NaO25. The van der Waals surface area contributed by atoms with Crippen LogP contribution in [0.25, 0.3) is 0 Å². The van der Waals surface area contributed by atoms with Crippen LogP contribution in [0.1, 0.15) is 30.0 Å². The molecule has 662 valence electrons. The molecule has 0 spiro atoms. The molecule has 0 atom stereocenters. The van der Waals surface area contributed by atoms with Crippen LogP contribution in [0.4, 0.5) is 62.6 Å². The molecule has 0 fully saturated rings. The van der Waals surface area contributed by atoms with Crippen LogP contribution in [-0.4, -0.2) is 159 Å². The van der Waals surface area contributed by atoms with E-state index in [0.29, 0.717) is 120 Å². The number of nitrogens with one attached hydrogen (secondary N) is 8. The summed E-state index contributed by atoms with van der Waals surface area (Å²) in [5.41, 5.74) is 52.8. The fourth-order valence-electron chi connectivity index (χ4n) is 7.71. The number of aliphatic carboxylic acids is 6. The third kappa shape index (κ3) is 60.0. The van der Waals surface area contributed by atoms with Crippen molar-refractivity contribution in [3.05, 3.63) is 283 Å². The number of methoxy groups -OCH3 is 2. The van der Waals surface area contributed by atoms with Crippen LogP contribution in [0.15, 0.2) is 266 Å². The zero-order valence-corrected chi connectivity index (χ0v) is 70.3. The first-order chi connectivity index (χ1) is 59.2.